The molecule has 1 aromatic carbocycles. The minimum absolute atomic E-state index is 0.114. The molecule has 0 saturated carbocycles. The van der Waals surface area contributed by atoms with Crippen LogP contribution < -0.4 is 11.1 Å². The highest BCUT2D eigenvalue weighted by Crippen LogP contribution is 2.22. The molecule has 108 valence electrons. The van der Waals surface area contributed by atoms with Crippen LogP contribution in [-0.4, -0.2) is 10.5 Å². The van der Waals surface area contributed by atoms with Crippen LogP contribution in [0.3, 0.4) is 0 Å². The van der Waals surface area contributed by atoms with Gasteiger partial charge < -0.3 is 15.6 Å². The number of nitriles is 1. The van der Waals surface area contributed by atoms with Crippen LogP contribution in [0.5, 0.6) is 0 Å². The maximum Gasteiger partial charge on any atom is 0.272 e. The molecule has 0 fully saturated rings. The second-order valence-corrected chi connectivity index (χ2v) is 5.33. The molecule has 2 rings (SSSR count). The molecule has 0 saturated heterocycles. The number of rotatable bonds is 3. The Morgan fingerprint density at radius 1 is 1.43 bits per heavy atom. The normalized spacial score (nSPS) is 10.4. The zero-order chi connectivity index (χ0) is 15.6. The van der Waals surface area contributed by atoms with Gasteiger partial charge in [0.05, 0.1) is 16.3 Å². The third kappa shape index (κ3) is 3.18. The van der Waals surface area contributed by atoms with Crippen LogP contribution >= 0.6 is 11.6 Å². The van der Waals surface area contributed by atoms with Gasteiger partial charge in [-0.05, 0) is 38.1 Å². The summed E-state index contributed by atoms with van der Waals surface area (Å²) in [5.41, 5.74) is 7.57. The number of amides is 1. The fraction of sp³-hybridized carbons (Fsp3) is 0.200. The molecule has 0 unspecified atom stereocenters. The lowest BCUT2D eigenvalue weighted by molar-refractivity contribution is 0.101. The number of halogens is 1. The maximum atomic E-state index is 12.3. The highest BCUT2D eigenvalue weighted by Gasteiger charge is 2.15. The van der Waals surface area contributed by atoms with E-state index in [1.54, 1.807) is 29.0 Å². The van der Waals surface area contributed by atoms with Crippen LogP contribution in [0.1, 0.15) is 35.9 Å². The number of hydrogen-bond acceptors (Lipinski definition) is 3. The smallest absolute Gasteiger partial charge is 0.272 e. The Morgan fingerprint density at radius 2 is 2.14 bits per heavy atom. The molecule has 1 aromatic heterocycles. The summed E-state index contributed by atoms with van der Waals surface area (Å²) >= 11 is 5.86. The summed E-state index contributed by atoms with van der Waals surface area (Å²) in [5, 5.41) is 12.0. The third-order valence-corrected chi connectivity index (χ3v) is 3.33. The molecule has 0 bridgehead atoms. The van der Waals surface area contributed by atoms with Crippen LogP contribution in [-0.2, 0) is 0 Å². The van der Waals surface area contributed by atoms with Crippen molar-refractivity contribution in [3.05, 3.63) is 46.7 Å². The van der Waals surface area contributed by atoms with Gasteiger partial charge >= 0.3 is 0 Å². The minimum atomic E-state index is -0.286. The molecular formula is C15H15ClN4O. The molecule has 5 nitrogen and oxygen atoms in total. The summed E-state index contributed by atoms with van der Waals surface area (Å²) in [7, 11) is 0. The van der Waals surface area contributed by atoms with Gasteiger partial charge in [-0.3, -0.25) is 4.79 Å². The Labute approximate surface area is 127 Å². The summed E-state index contributed by atoms with van der Waals surface area (Å²) in [6.45, 7) is 3.93. The molecule has 0 radical (unpaired) electrons. The highest BCUT2D eigenvalue weighted by molar-refractivity contribution is 6.31. The van der Waals surface area contributed by atoms with E-state index in [9.17, 15) is 4.79 Å². The fourth-order valence-corrected chi connectivity index (χ4v) is 2.15. The predicted molar refractivity (Wildman–Crippen MR) is 83.3 cm³/mol. The van der Waals surface area contributed by atoms with Crippen LogP contribution in [0.15, 0.2) is 30.5 Å². The molecule has 0 aliphatic heterocycles. The third-order valence-electron chi connectivity index (χ3n) is 3.00. The van der Waals surface area contributed by atoms with Gasteiger partial charge in [0.2, 0.25) is 0 Å². The zero-order valence-corrected chi connectivity index (χ0v) is 12.5. The van der Waals surface area contributed by atoms with E-state index in [2.05, 4.69) is 5.32 Å². The first kappa shape index (κ1) is 14.9. The number of nitrogens with zero attached hydrogens (tertiary/aromatic N) is 2. The molecule has 0 aliphatic rings. The summed E-state index contributed by atoms with van der Waals surface area (Å²) in [6, 6.07) is 8.46. The summed E-state index contributed by atoms with van der Waals surface area (Å²) < 4.78 is 1.80. The van der Waals surface area contributed by atoms with Gasteiger partial charge in [0, 0.05) is 17.9 Å². The van der Waals surface area contributed by atoms with Crippen molar-refractivity contribution in [1.82, 2.24) is 4.57 Å². The first-order chi connectivity index (χ1) is 9.92. The second-order valence-electron chi connectivity index (χ2n) is 4.92. The average Bonchev–Trinajstić information content (AvgIpc) is 2.83. The van der Waals surface area contributed by atoms with E-state index < -0.39 is 0 Å². The number of nitrogens with two attached hydrogens (primary N) is 1. The largest absolute Gasteiger partial charge is 0.397 e. The molecule has 21 heavy (non-hydrogen) atoms. The van der Waals surface area contributed by atoms with Gasteiger partial charge in [-0.1, -0.05) is 11.6 Å². The van der Waals surface area contributed by atoms with Crippen LogP contribution in [0.25, 0.3) is 0 Å². The van der Waals surface area contributed by atoms with E-state index in [0.29, 0.717) is 27.7 Å². The fourth-order valence-electron chi connectivity index (χ4n) is 1.99. The van der Waals surface area contributed by atoms with Crippen LogP contribution in [0, 0.1) is 11.3 Å². The number of nitrogens with one attached hydrogen (secondary N) is 1. The number of carbonyl (C=O) groups excluding carboxylic acids is 1. The lowest BCUT2D eigenvalue weighted by Crippen LogP contribution is -2.17. The molecule has 2 aromatic rings. The van der Waals surface area contributed by atoms with Crippen molar-refractivity contribution in [2.75, 3.05) is 11.1 Å². The van der Waals surface area contributed by atoms with Crippen LogP contribution in [0.2, 0.25) is 5.02 Å². The van der Waals surface area contributed by atoms with Gasteiger partial charge in [-0.15, -0.1) is 0 Å². The molecule has 1 heterocycles. The Kier molecular flexibility index (Phi) is 4.20. The first-order valence-corrected chi connectivity index (χ1v) is 6.78. The number of anilines is 2. The zero-order valence-electron chi connectivity index (χ0n) is 11.7. The van der Waals surface area contributed by atoms with Crippen molar-refractivity contribution in [3.8, 4) is 6.07 Å². The lowest BCUT2D eigenvalue weighted by atomic mass is 10.2. The summed E-state index contributed by atoms with van der Waals surface area (Å²) in [6.07, 6.45) is 1.72. The molecule has 1 amide bonds. The van der Waals surface area contributed by atoms with Gasteiger partial charge in [0.15, 0.2) is 0 Å². The van der Waals surface area contributed by atoms with Crippen molar-refractivity contribution < 1.29 is 4.79 Å². The van der Waals surface area contributed by atoms with E-state index in [-0.39, 0.29) is 11.9 Å². The van der Waals surface area contributed by atoms with E-state index in [1.165, 1.54) is 6.07 Å². The van der Waals surface area contributed by atoms with Gasteiger partial charge in [-0.25, -0.2) is 0 Å². The maximum absolute atomic E-state index is 12.3. The Bertz CT molecular complexity index is 728. The number of aromatic nitrogens is 1. The van der Waals surface area contributed by atoms with E-state index >= 15 is 0 Å². The van der Waals surface area contributed by atoms with Gasteiger partial charge in [0.25, 0.3) is 5.91 Å². The van der Waals surface area contributed by atoms with Gasteiger partial charge in [0.1, 0.15) is 11.8 Å². The van der Waals surface area contributed by atoms with Crippen molar-refractivity contribution >= 4 is 28.9 Å². The summed E-state index contributed by atoms with van der Waals surface area (Å²) in [5.74, 6) is -0.286. The second kappa shape index (κ2) is 5.90. The number of hydrogen-bond donors (Lipinski definition) is 2. The predicted octanol–water partition coefficient (Wildman–Crippen LogP) is 3.43. The number of nitrogen functional groups attached to an aromatic ring is 1. The Hall–Kier alpha value is -2.45. The molecule has 0 aliphatic carbocycles. The van der Waals surface area contributed by atoms with E-state index in [4.69, 9.17) is 22.6 Å². The van der Waals surface area contributed by atoms with E-state index in [0.717, 1.165) is 0 Å². The highest BCUT2D eigenvalue weighted by atomic mass is 35.5. The monoisotopic (exact) mass is 302 g/mol. The lowest BCUT2D eigenvalue weighted by Gasteiger charge is -2.12. The molecule has 3 N–H and O–H groups in total. The first-order valence-electron chi connectivity index (χ1n) is 6.40. The molecule has 6 heteroatoms. The van der Waals surface area contributed by atoms with Crippen molar-refractivity contribution in [2.24, 2.45) is 0 Å². The average molecular weight is 303 g/mol. The summed E-state index contributed by atoms with van der Waals surface area (Å²) in [4.78, 5) is 12.3. The van der Waals surface area contributed by atoms with Crippen LogP contribution in [0.4, 0.5) is 11.4 Å². The SMILES string of the molecule is CC(C)n1cc(N)cc1C(=O)Nc1ccc(Cl)c(C#N)c1. The van der Waals surface area contributed by atoms with Gasteiger partial charge in [-0.2, -0.15) is 5.26 Å². The Balaban J connectivity index is 2.29. The molecular weight excluding hydrogens is 288 g/mol. The van der Waals surface area contributed by atoms with Crippen molar-refractivity contribution in [3.63, 3.8) is 0 Å². The van der Waals surface area contributed by atoms with Crippen molar-refractivity contribution in [2.45, 2.75) is 19.9 Å². The topological polar surface area (TPSA) is 83.8 Å². The Morgan fingerprint density at radius 3 is 2.76 bits per heavy atom. The molecule has 0 spiro atoms. The number of carbonyl (C=O) groups is 1. The van der Waals surface area contributed by atoms with Crippen molar-refractivity contribution in [1.29, 1.82) is 5.26 Å². The molecule has 0 atom stereocenters. The quantitative estimate of drug-likeness (QED) is 0.911. The standard InChI is InChI=1S/C15H15ClN4O/c1-9(2)20-8-11(18)6-14(20)15(21)19-12-3-4-13(16)10(5-12)7-17/h3-6,8-9H,18H2,1-2H3,(H,19,21). The minimum Gasteiger partial charge on any atom is -0.397 e. The number of benzene rings is 1. The van der Waals surface area contributed by atoms with E-state index in [1.807, 2.05) is 19.9 Å².